The van der Waals surface area contributed by atoms with Crippen molar-refractivity contribution in [3.05, 3.63) is 40.5 Å². The molecule has 0 spiro atoms. The second-order valence-corrected chi connectivity index (χ2v) is 12.5. The molecule has 2 saturated carbocycles. The van der Waals surface area contributed by atoms with Crippen LogP contribution in [0, 0.1) is 35.4 Å². The van der Waals surface area contributed by atoms with Crippen LogP contribution >= 0.6 is 23.3 Å². The maximum atomic E-state index is 14.1. The number of nitrogens with one attached hydrogen (secondary N) is 1. The predicted octanol–water partition coefficient (Wildman–Crippen LogP) is 10.7. The number of aromatic carboxylic acids is 1. The Hall–Kier alpha value is -2.17. The average Bonchev–Trinajstić information content (AvgIpc) is 3.11. The third-order valence-corrected chi connectivity index (χ3v) is 9.30. The Labute approximate surface area is 250 Å². The molecule has 0 amide bonds. The number of carboxylic acid groups (broad SMARTS) is 1. The number of rotatable bonds is 6. The molecular formula is C33H48FNO3S2. The molecule has 0 bridgehead atoms. The van der Waals surface area contributed by atoms with Crippen molar-refractivity contribution in [1.82, 2.24) is 0 Å². The van der Waals surface area contributed by atoms with Gasteiger partial charge in [0.05, 0.1) is 27.4 Å². The van der Waals surface area contributed by atoms with E-state index < -0.39 is 17.3 Å². The second kappa shape index (κ2) is 19.0. The molecule has 2 atom stereocenters. The third-order valence-electron chi connectivity index (χ3n) is 7.34. The van der Waals surface area contributed by atoms with Crippen molar-refractivity contribution < 1.29 is 19.0 Å². The number of hydrogen-bond acceptors (Lipinski definition) is 5. The van der Waals surface area contributed by atoms with Crippen LogP contribution in [0.4, 0.5) is 10.1 Å². The van der Waals surface area contributed by atoms with Crippen LogP contribution in [0.2, 0.25) is 0 Å². The summed E-state index contributed by atoms with van der Waals surface area (Å²) in [6.45, 7) is 8.25. The van der Waals surface area contributed by atoms with E-state index in [4.69, 9.17) is 9.84 Å². The van der Waals surface area contributed by atoms with Gasteiger partial charge in [0.15, 0.2) is 0 Å². The summed E-state index contributed by atoms with van der Waals surface area (Å²) in [4.78, 5) is 12.2. The Morgan fingerprint density at radius 3 is 2.33 bits per heavy atom. The summed E-state index contributed by atoms with van der Waals surface area (Å²) in [5.74, 6) is 7.44. The van der Waals surface area contributed by atoms with Crippen molar-refractivity contribution in [2.45, 2.75) is 109 Å². The molecule has 1 aromatic heterocycles. The highest BCUT2D eigenvalue weighted by Crippen LogP contribution is 2.38. The summed E-state index contributed by atoms with van der Waals surface area (Å²) >= 11 is 2.93. The zero-order valence-corrected chi connectivity index (χ0v) is 26.6. The Balaban J connectivity index is 0.00000105. The van der Waals surface area contributed by atoms with Crippen LogP contribution in [-0.2, 0) is 0 Å². The molecular weight excluding hydrogens is 541 g/mol. The fourth-order valence-electron chi connectivity index (χ4n) is 5.42. The molecule has 2 fully saturated rings. The van der Waals surface area contributed by atoms with Crippen LogP contribution in [0.15, 0.2) is 28.5 Å². The lowest BCUT2D eigenvalue weighted by Gasteiger charge is -2.24. The molecule has 1 heterocycles. The van der Waals surface area contributed by atoms with E-state index in [2.05, 4.69) is 30.4 Å². The van der Waals surface area contributed by atoms with Crippen molar-refractivity contribution in [2.75, 3.05) is 11.8 Å². The van der Waals surface area contributed by atoms with Gasteiger partial charge in [-0.05, 0) is 61.2 Å². The average molecular weight is 590 g/mol. The van der Waals surface area contributed by atoms with Gasteiger partial charge in [0.25, 0.3) is 0 Å². The van der Waals surface area contributed by atoms with Crippen molar-refractivity contribution in [3.8, 4) is 17.6 Å². The second-order valence-electron chi connectivity index (χ2n) is 10.4. The van der Waals surface area contributed by atoms with Crippen LogP contribution in [0.3, 0.4) is 0 Å². The number of anilines is 1. The molecule has 0 aliphatic heterocycles. The fourth-order valence-corrected chi connectivity index (χ4v) is 7.08. The minimum atomic E-state index is -1.32. The number of methoxy groups -OCH3 is 1. The molecule has 7 heteroatoms. The lowest BCUT2D eigenvalue weighted by Crippen LogP contribution is -2.13. The monoisotopic (exact) mass is 589 g/mol. The van der Waals surface area contributed by atoms with E-state index in [1.165, 1.54) is 102 Å². The van der Waals surface area contributed by atoms with E-state index in [1.807, 2.05) is 26.0 Å². The number of benzene rings is 1. The third kappa shape index (κ3) is 11.0. The van der Waals surface area contributed by atoms with Crippen LogP contribution in [0.25, 0.3) is 0 Å². The maximum absolute atomic E-state index is 14.1. The van der Waals surface area contributed by atoms with Crippen LogP contribution in [0.1, 0.15) is 120 Å². The number of halogens is 1. The lowest BCUT2D eigenvalue weighted by atomic mass is 9.81. The molecule has 2 unspecified atom stereocenters. The molecule has 40 heavy (non-hydrogen) atoms. The minimum Gasteiger partial charge on any atom is -0.495 e. The summed E-state index contributed by atoms with van der Waals surface area (Å²) < 4.78 is 23.4. The molecule has 222 valence electrons. The zero-order chi connectivity index (χ0) is 29.3. The van der Waals surface area contributed by atoms with Crippen molar-refractivity contribution in [1.29, 1.82) is 0 Å². The fraction of sp³-hybridized carbons (Fsp3) is 0.606. The quantitative estimate of drug-likeness (QED) is 0.199. The molecule has 4 rings (SSSR count). The number of carbonyl (C=O) groups is 1. The maximum Gasteiger partial charge on any atom is 0.338 e. The van der Waals surface area contributed by atoms with Gasteiger partial charge >= 0.3 is 5.97 Å². The van der Waals surface area contributed by atoms with E-state index in [-0.39, 0.29) is 5.75 Å². The Bertz CT molecular complexity index is 1080. The normalized spacial score (nSPS) is 19.2. The summed E-state index contributed by atoms with van der Waals surface area (Å²) in [5.41, 5.74) is -0.0205. The topological polar surface area (TPSA) is 58.6 Å². The highest BCUT2D eigenvalue weighted by Gasteiger charge is 2.25. The highest BCUT2D eigenvalue weighted by atomic mass is 32.2. The van der Waals surface area contributed by atoms with Crippen LogP contribution < -0.4 is 9.46 Å². The summed E-state index contributed by atoms with van der Waals surface area (Å²) in [6, 6.07) is 6.37. The Morgan fingerprint density at radius 1 is 1.02 bits per heavy atom. The number of thiophene rings is 1. The molecule has 2 N–H and O–H groups in total. The van der Waals surface area contributed by atoms with Gasteiger partial charge in [-0.25, -0.2) is 9.18 Å². The first-order chi connectivity index (χ1) is 19.4. The summed E-state index contributed by atoms with van der Waals surface area (Å²) in [5, 5.41) is 9.10. The Kier molecular flexibility index (Phi) is 16.2. The van der Waals surface area contributed by atoms with E-state index >= 15 is 0 Å². The summed E-state index contributed by atoms with van der Waals surface area (Å²) in [7, 11) is 1.43. The number of hydrogen-bond donors (Lipinski definition) is 2. The van der Waals surface area contributed by atoms with Crippen molar-refractivity contribution >= 4 is 34.9 Å². The number of carboxylic acids is 1. The lowest BCUT2D eigenvalue weighted by molar-refractivity contribution is 0.0691. The Morgan fingerprint density at radius 2 is 1.68 bits per heavy atom. The SMILES string of the molecule is CC.CCC.COc1cc(C(=O)O)c(F)cc1NSc1ccc(C#CC2CCCC(C3CCCCCC3)CC2)s1. The molecule has 2 aromatic rings. The van der Waals surface area contributed by atoms with Gasteiger partial charge in [0.2, 0.25) is 0 Å². The smallest absolute Gasteiger partial charge is 0.338 e. The van der Waals surface area contributed by atoms with Crippen LogP contribution in [-0.4, -0.2) is 18.2 Å². The van der Waals surface area contributed by atoms with Gasteiger partial charge in [-0.3, -0.25) is 0 Å². The number of ether oxygens (including phenoxy) is 1. The van der Waals surface area contributed by atoms with Crippen molar-refractivity contribution in [2.24, 2.45) is 17.8 Å². The van der Waals surface area contributed by atoms with Gasteiger partial charge in [-0.2, -0.15) is 0 Å². The van der Waals surface area contributed by atoms with E-state index in [9.17, 15) is 9.18 Å². The predicted molar refractivity (Wildman–Crippen MR) is 169 cm³/mol. The summed E-state index contributed by atoms with van der Waals surface area (Å²) in [6.07, 6.45) is 16.3. The molecule has 2 aliphatic rings. The first kappa shape index (κ1) is 34.0. The van der Waals surface area contributed by atoms with Gasteiger partial charge < -0.3 is 14.6 Å². The highest BCUT2D eigenvalue weighted by molar-refractivity contribution is 8.02. The molecule has 2 aliphatic carbocycles. The molecule has 0 radical (unpaired) electrons. The van der Waals surface area contributed by atoms with Crippen LogP contribution in [0.5, 0.6) is 5.75 Å². The first-order valence-corrected chi connectivity index (χ1v) is 16.7. The van der Waals surface area contributed by atoms with Crippen molar-refractivity contribution in [3.63, 3.8) is 0 Å². The van der Waals surface area contributed by atoms with Gasteiger partial charge in [0, 0.05) is 12.0 Å². The standard InChI is InChI=1S/C28H34FNO3S2.C3H8.C2H6/c1-33-26-17-23(28(31)32)24(29)18-25(26)30-35-27-16-15-22(34-27)14-12-19-7-6-10-21(13-11-19)20-8-4-2-3-5-9-20;1-3-2;1-2/h15-21,30H,2-11,13H2,1H3,(H,31,32);3H2,1-2H3;1-2H3. The van der Waals surface area contributed by atoms with E-state index in [1.54, 1.807) is 11.3 Å². The molecule has 4 nitrogen and oxygen atoms in total. The van der Waals surface area contributed by atoms with Gasteiger partial charge in [-0.1, -0.05) is 97.3 Å². The molecule has 1 aromatic carbocycles. The largest absolute Gasteiger partial charge is 0.495 e. The van der Waals surface area contributed by atoms with Gasteiger partial charge in [0.1, 0.15) is 11.6 Å². The first-order valence-electron chi connectivity index (χ1n) is 15.1. The zero-order valence-electron chi connectivity index (χ0n) is 25.0. The van der Waals surface area contributed by atoms with Gasteiger partial charge in [-0.15, -0.1) is 11.3 Å². The minimum absolute atomic E-state index is 0.281. The van der Waals surface area contributed by atoms with E-state index in [0.29, 0.717) is 11.6 Å². The van der Waals surface area contributed by atoms with E-state index in [0.717, 1.165) is 27.0 Å². The molecule has 0 saturated heterocycles.